The summed E-state index contributed by atoms with van der Waals surface area (Å²) < 4.78 is 55.6. The molecule has 2 aromatic carbocycles. The molecule has 0 N–H and O–H groups in total. The Kier molecular flexibility index (Phi) is 5.51. The smallest absolute Gasteiger partial charge is 0.339 e. The Morgan fingerprint density at radius 1 is 0.846 bits per heavy atom. The molecule has 0 radical (unpaired) electrons. The highest BCUT2D eigenvalue weighted by molar-refractivity contribution is 7.89. The summed E-state index contributed by atoms with van der Waals surface area (Å²) in [5.41, 5.74) is 0.980. The Balaban J connectivity index is 2.34. The van der Waals surface area contributed by atoms with Gasteiger partial charge >= 0.3 is 10.1 Å². The molecule has 0 saturated carbocycles. The van der Waals surface area contributed by atoms with Crippen molar-refractivity contribution in [2.45, 2.75) is 36.0 Å². The highest BCUT2D eigenvalue weighted by Gasteiger charge is 2.23. The second-order valence-electron chi connectivity index (χ2n) is 7.07. The Hall–Kier alpha value is -1.90. The van der Waals surface area contributed by atoms with Crippen LogP contribution in [-0.4, -0.2) is 35.2 Å². The fourth-order valence-corrected chi connectivity index (χ4v) is 4.19. The Morgan fingerprint density at radius 3 is 1.88 bits per heavy atom. The van der Waals surface area contributed by atoms with E-state index in [1.807, 2.05) is 0 Å². The zero-order valence-corrected chi connectivity index (χ0v) is 17.1. The first-order chi connectivity index (χ1) is 11.8. The molecule has 0 aromatic heterocycles. The molecule has 26 heavy (non-hydrogen) atoms. The fraction of sp³-hybridized carbons (Fsp3) is 0.333. The van der Waals surface area contributed by atoms with Crippen molar-refractivity contribution in [2.75, 3.05) is 14.1 Å². The van der Waals surface area contributed by atoms with Gasteiger partial charge in [-0.2, -0.15) is 8.42 Å². The third-order valence-corrected chi connectivity index (χ3v) is 6.85. The van der Waals surface area contributed by atoms with Gasteiger partial charge < -0.3 is 4.18 Å². The summed E-state index contributed by atoms with van der Waals surface area (Å²) in [5, 5.41) is 0. The van der Waals surface area contributed by atoms with Gasteiger partial charge in [-0.3, -0.25) is 0 Å². The van der Waals surface area contributed by atoms with Gasteiger partial charge in [-0.15, -0.1) is 0 Å². The van der Waals surface area contributed by atoms with Gasteiger partial charge in [0, 0.05) is 14.1 Å². The van der Waals surface area contributed by atoms with Crippen LogP contribution < -0.4 is 4.18 Å². The topological polar surface area (TPSA) is 80.8 Å². The molecular weight excluding hydrogens is 374 g/mol. The van der Waals surface area contributed by atoms with Crippen LogP contribution in [0, 0.1) is 0 Å². The van der Waals surface area contributed by atoms with Gasteiger partial charge in [0.1, 0.15) is 10.6 Å². The van der Waals surface area contributed by atoms with Crippen LogP contribution in [0.4, 0.5) is 0 Å². The number of hydrogen-bond donors (Lipinski definition) is 0. The number of rotatable bonds is 5. The van der Waals surface area contributed by atoms with Crippen LogP contribution >= 0.6 is 0 Å². The van der Waals surface area contributed by atoms with E-state index < -0.39 is 20.1 Å². The maximum Gasteiger partial charge on any atom is 0.339 e. The van der Waals surface area contributed by atoms with Crippen LogP contribution in [0.2, 0.25) is 0 Å². The van der Waals surface area contributed by atoms with E-state index in [4.69, 9.17) is 4.18 Å². The average molecular weight is 398 g/mol. The molecule has 0 unspecified atom stereocenters. The van der Waals surface area contributed by atoms with Crippen molar-refractivity contribution < 1.29 is 21.0 Å². The van der Waals surface area contributed by atoms with Gasteiger partial charge in [0.15, 0.2) is 0 Å². The quantitative estimate of drug-likeness (QED) is 0.725. The van der Waals surface area contributed by atoms with Crippen LogP contribution in [0.5, 0.6) is 5.75 Å². The fourth-order valence-electron chi connectivity index (χ4n) is 2.19. The van der Waals surface area contributed by atoms with Crippen molar-refractivity contribution in [1.29, 1.82) is 0 Å². The van der Waals surface area contributed by atoms with Crippen LogP contribution in [0.15, 0.2) is 58.3 Å². The highest BCUT2D eigenvalue weighted by atomic mass is 32.2. The van der Waals surface area contributed by atoms with Gasteiger partial charge in [-0.1, -0.05) is 39.0 Å². The number of nitrogens with zero attached hydrogens (tertiary/aromatic N) is 1. The van der Waals surface area contributed by atoms with Crippen LogP contribution in [-0.2, 0) is 25.6 Å². The van der Waals surface area contributed by atoms with E-state index in [0.717, 1.165) is 15.9 Å². The first-order valence-corrected chi connectivity index (χ1v) is 10.8. The maximum absolute atomic E-state index is 12.5. The molecule has 0 heterocycles. The predicted octanol–water partition coefficient (Wildman–Crippen LogP) is 3.00. The van der Waals surface area contributed by atoms with Gasteiger partial charge in [0.25, 0.3) is 0 Å². The molecule has 0 saturated heterocycles. The SMILES string of the molecule is CN(C)S(=O)(=O)c1cccc(S(=O)(=O)Oc2ccc(C(C)(C)C)cc2)c1. The summed E-state index contributed by atoms with van der Waals surface area (Å²) in [4.78, 5) is -0.337. The summed E-state index contributed by atoms with van der Waals surface area (Å²) in [7, 11) is -5.14. The van der Waals surface area contributed by atoms with E-state index in [0.29, 0.717) is 0 Å². The summed E-state index contributed by atoms with van der Waals surface area (Å²) in [6, 6.07) is 11.9. The molecule has 0 aliphatic carbocycles. The molecule has 0 amide bonds. The highest BCUT2D eigenvalue weighted by Crippen LogP contribution is 2.26. The third-order valence-electron chi connectivity index (χ3n) is 3.80. The summed E-state index contributed by atoms with van der Waals surface area (Å²) in [6.07, 6.45) is 0. The monoisotopic (exact) mass is 397 g/mol. The molecule has 142 valence electrons. The van der Waals surface area contributed by atoms with Gasteiger partial charge in [0.2, 0.25) is 10.0 Å². The van der Waals surface area contributed by atoms with E-state index >= 15 is 0 Å². The van der Waals surface area contributed by atoms with Gasteiger partial charge in [-0.05, 0) is 41.3 Å². The first-order valence-electron chi connectivity index (χ1n) is 7.92. The van der Waals surface area contributed by atoms with E-state index in [9.17, 15) is 16.8 Å². The molecule has 0 atom stereocenters. The van der Waals surface area contributed by atoms with Crippen molar-refractivity contribution in [1.82, 2.24) is 4.31 Å². The summed E-state index contributed by atoms with van der Waals surface area (Å²) >= 11 is 0. The van der Waals surface area contributed by atoms with Crippen molar-refractivity contribution >= 4 is 20.1 Å². The molecule has 0 aliphatic rings. The van der Waals surface area contributed by atoms with Gasteiger partial charge in [-0.25, -0.2) is 12.7 Å². The zero-order valence-electron chi connectivity index (χ0n) is 15.4. The predicted molar refractivity (Wildman–Crippen MR) is 100 cm³/mol. The molecule has 2 aromatic rings. The van der Waals surface area contributed by atoms with Crippen molar-refractivity contribution in [3.63, 3.8) is 0 Å². The molecular formula is C18H23NO5S2. The lowest BCUT2D eigenvalue weighted by Crippen LogP contribution is -2.22. The van der Waals surface area contributed by atoms with Crippen molar-refractivity contribution in [3.8, 4) is 5.75 Å². The minimum atomic E-state index is -4.15. The molecule has 0 fully saturated rings. The lowest BCUT2D eigenvalue weighted by atomic mass is 9.87. The summed E-state index contributed by atoms with van der Waals surface area (Å²) in [5.74, 6) is 0.166. The second-order valence-corrected chi connectivity index (χ2v) is 10.8. The zero-order chi connectivity index (χ0) is 19.8. The minimum absolute atomic E-state index is 0.0632. The van der Waals surface area contributed by atoms with Crippen LogP contribution in [0.1, 0.15) is 26.3 Å². The Labute approximate surface area is 155 Å². The third kappa shape index (κ3) is 4.44. The molecule has 0 bridgehead atoms. The number of hydrogen-bond acceptors (Lipinski definition) is 5. The lowest BCUT2D eigenvalue weighted by Gasteiger charge is -2.19. The largest absolute Gasteiger partial charge is 0.379 e. The first kappa shape index (κ1) is 20.4. The second kappa shape index (κ2) is 7.02. The Bertz CT molecular complexity index is 987. The molecule has 0 aliphatic heterocycles. The lowest BCUT2D eigenvalue weighted by molar-refractivity contribution is 0.485. The summed E-state index contributed by atoms with van der Waals surface area (Å²) in [6.45, 7) is 6.16. The standard InChI is InChI=1S/C18H23NO5S2/c1-18(2,3)14-9-11-15(12-10-14)24-26(22,23)17-8-6-7-16(13-17)25(20,21)19(4)5/h6-13H,1-5H3. The van der Waals surface area contributed by atoms with Crippen LogP contribution in [0.3, 0.4) is 0 Å². The van der Waals surface area contributed by atoms with Crippen molar-refractivity contribution in [3.05, 3.63) is 54.1 Å². The van der Waals surface area contributed by atoms with Crippen LogP contribution in [0.25, 0.3) is 0 Å². The number of benzene rings is 2. The number of sulfonamides is 1. The molecule has 8 heteroatoms. The Morgan fingerprint density at radius 2 is 1.38 bits per heavy atom. The maximum atomic E-state index is 12.5. The molecule has 2 rings (SSSR count). The van der Waals surface area contributed by atoms with E-state index in [-0.39, 0.29) is 21.0 Å². The molecule has 0 spiro atoms. The normalized spacial score (nSPS) is 13.0. The average Bonchev–Trinajstić information content (AvgIpc) is 2.54. The minimum Gasteiger partial charge on any atom is -0.379 e. The van der Waals surface area contributed by atoms with E-state index in [1.54, 1.807) is 24.3 Å². The van der Waals surface area contributed by atoms with E-state index in [2.05, 4.69) is 20.8 Å². The van der Waals surface area contributed by atoms with E-state index in [1.165, 1.54) is 32.3 Å². The molecule has 6 nitrogen and oxygen atoms in total. The van der Waals surface area contributed by atoms with Crippen molar-refractivity contribution in [2.24, 2.45) is 0 Å². The van der Waals surface area contributed by atoms with Gasteiger partial charge in [0.05, 0.1) is 4.90 Å².